The Bertz CT molecular complexity index is 1250. The maximum atomic E-state index is 14.7. The second-order valence-corrected chi connectivity index (χ2v) is 11.5. The molecule has 5 nitrogen and oxygen atoms in total. The largest absolute Gasteiger partial charge is 0.491 e. The topological polar surface area (TPSA) is 72.8 Å². The van der Waals surface area contributed by atoms with E-state index in [2.05, 4.69) is 6.92 Å². The summed E-state index contributed by atoms with van der Waals surface area (Å²) in [5.74, 6) is -0.711. The number of hydrogen-bond acceptors (Lipinski definition) is 4. The van der Waals surface area contributed by atoms with E-state index < -0.39 is 17.8 Å². The molecule has 0 unspecified atom stereocenters. The van der Waals surface area contributed by atoms with Gasteiger partial charge in [-0.3, -0.25) is 4.79 Å². The molecule has 0 bridgehead atoms. The van der Waals surface area contributed by atoms with E-state index in [0.717, 1.165) is 30.4 Å². The van der Waals surface area contributed by atoms with Crippen LogP contribution in [-0.4, -0.2) is 23.7 Å². The second kappa shape index (κ2) is 18.8. The van der Waals surface area contributed by atoms with E-state index in [4.69, 9.17) is 14.6 Å². The van der Waals surface area contributed by atoms with Gasteiger partial charge in [-0.1, -0.05) is 102 Å². The van der Waals surface area contributed by atoms with E-state index in [-0.39, 0.29) is 18.1 Å². The highest BCUT2D eigenvalue weighted by molar-refractivity contribution is 5.91. The van der Waals surface area contributed by atoms with E-state index >= 15 is 0 Å². The third-order valence-corrected chi connectivity index (χ3v) is 7.71. The maximum absolute atomic E-state index is 14.7. The molecule has 43 heavy (non-hydrogen) atoms. The van der Waals surface area contributed by atoms with Crippen LogP contribution in [0.15, 0.2) is 66.7 Å². The Morgan fingerprint density at radius 3 is 2.00 bits per heavy atom. The number of esters is 1. The van der Waals surface area contributed by atoms with Crippen LogP contribution in [0.5, 0.6) is 11.5 Å². The van der Waals surface area contributed by atoms with Gasteiger partial charge < -0.3 is 14.6 Å². The highest BCUT2D eigenvalue weighted by atomic mass is 19.1. The Morgan fingerprint density at radius 1 is 0.791 bits per heavy atom. The van der Waals surface area contributed by atoms with Crippen molar-refractivity contribution in [3.63, 3.8) is 0 Å². The van der Waals surface area contributed by atoms with Gasteiger partial charge in [0.1, 0.15) is 5.75 Å². The zero-order chi connectivity index (χ0) is 30.9. The number of carbonyl (C=O) groups is 2. The molecule has 0 aliphatic rings. The normalized spacial score (nSPS) is 11.7. The molecular weight excluding hydrogens is 543 g/mol. The molecule has 0 saturated heterocycles. The first-order valence-electron chi connectivity index (χ1n) is 15.9. The summed E-state index contributed by atoms with van der Waals surface area (Å²) in [6.45, 7) is 4.78. The summed E-state index contributed by atoms with van der Waals surface area (Å²) in [4.78, 5) is 23.4. The lowest BCUT2D eigenvalue weighted by Gasteiger charge is -2.11. The van der Waals surface area contributed by atoms with Crippen molar-refractivity contribution >= 4 is 11.9 Å². The molecule has 0 spiro atoms. The van der Waals surface area contributed by atoms with E-state index in [1.165, 1.54) is 57.4 Å². The molecule has 6 heteroatoms. The number of carbonyl (C=O) groups excluding carboxylic acids is 1. The predicted octanol–water partition coefficient (Wildman–Crippen LogP) is 10.1. The van der Waals surface area contributed by atoms with Crippen molar-refractivity contribution in [2.24, 2.45) is 5.92 Å². The number of carboxylic acids is 1. The Labute approximate surface area is 256 Å². The van der Waals surface area contributed by atoms with Gasteiger partial charge in [0.25, 0.3) is 0 Å². The van der Waals surface area contributed by atoms with Gasteiger partial charge in [-0.15, -0.1) is 0 Å². The molecule has 232 valence electrons. The zero-order valence-electron chi connectivity index (χ0n) is 25.8. The number of carboxylic acid groups (broad SMARTS) is 1. The quantitative estimate of drug-likeness (QED) is 0.0805. The minimum absolute atomic E-state index is 0.157. The average Bonchev–Trinajstić information content (AvgIpc) is 3.00. The van der Waals surface area contributed by atoms with E-state index in [1.54, 1.807) is 42.5 Å². The van der Waals surface area contributed by atoms with Crippen LogP contribution >= 0.6 is 0 Å². The number of hydrogen-bond donors (Lipinski definition) is 1. The molecule has 1 atom stereocenters. The van der Waals surface area contributed by atoms with Gasteiger partial charge in [-0.05, 0) is 78.3 Å². The first-order chi connectivity index (χ1) is 20.9. The van der Waals surface area contributed by atoms with E-state index in [1.807, 2.05) is 25.1 Å². The second-order valence-electron chi connectivity index (χ2n) is 11.5. The summed E-state index contributed by atoms with van der Waals surface area (Å²) in [7, 11) is 0. The van der Waals surface area contributed by atoms with Crippen molar-refractivity contribution in [2.75, 3.05) is 6.61 Å². The van der Waals surface area contributed by atoms with Gasteiger partial charge in [0.05, 0.1) is 12.2 Å². The first kappa shape index (κ1) is 33.8. The van der Waals surface area contributed by atoms with E-state index in [0.29, 0.717) is 29.9 Å². The summed E-state index contributed by atoms with van der Waals surface area (Å²) >= 11 is 0. The molecule has 0 amide bonds. The van der Waals surface area contributed by atoms with Crippen molar-refractivity contribution in [1.29, 1.82) is 0 Å². The molecule has 3 aromatic carbocycles. The standard InChI is InChI=1S/C37H47FO5/c1-3-4-5-6-7-8-9-10-11-12-25-42-35-23-20-32(27-34(35)38)30-16-18-31(19-17-30)37(41)43-33-21-14-29(15-22-33)26-28(2)13-24-36(39)40/h14-23,27-28H,3-13,24-26H2,1-2H3,(H,39,40)/t28-/m0/s1. The smallest absolute Gasteiger partial charge is 0.343 e. The predicted molar refractivity (Wildman–Crippen MR) is 170 cm³/mol. The van der Waals surface area contributed by atoms with Crippen molar-refractivity contribution in [2.45, 2.75) is 97.3 Å². The summed E-state index contributed by atoms with van der Waals surface area (Å²) in [5.41, 5.74) is 2.95. The lowest BCUT2D eigenvalue weighted by atomic mass is 9.97. The SMILES string of the molecule is CCCCCCCCCCCCOc1ccc(-c2ccc(C(=O)Oc3ccc(C[C@@H](C)CCC(=O)O)cc3)cc2)cc1F. The Hall–Kier alpha value is -3.67. The van der Waals surface area contributed by atoms with Gasteiger partial charge in [0.2, 0.25) is 0 Å². The molecule has 0 aliphatic carbocycles. The van der Waals surface area contributed by atoms with Crippen molar-refractivity contribution < 1.29 is 28.6 Å². The molecule has 3 aromatic rings. The molecule has 0 saturated carbocycles. The highest BCUT2D eigenvalue weighted by Gasteiger charge is 2.12. The monoisotopic (exact) mass is 590 g/mol. The van der Waals surface area contributed by atoms with Crippen LogP contribution in [0.2, 0.25) is 0 Å². The van der Waals surface area contributed by atoms with Gasteiger partial charge in [-0.2, -0.15) is 0 Å². The van der Waals surface area contributed by atoms with Crippen molar-refractivity contribution in [3.05, 3.63) is 83.7 Å². The van der Waals surface area contributed by atoms with Crippen LogP contribution < -0.4 is 9.47 Å². The van der Waals surface area contributed by atoms with Crippen molar-refractivity contribution in [1.82, 2.24) is 0 Å². The van der Waals surface area contributed by atoms with Gasteiger partial charge in [0.15, 0.2) is 11.6 Å². The van der Waals surface area contributed by atoms with Gasteiger partial charge in [0, 0.05) is 6.42 Å². The molecule has 1 N–H and O–H groups in total. The Kier molecular flexibility index (Phi) is 14.8. The molecule has 0 heterocycles. The van der Waals surface area contributed by atoms with Gasteiger partial charge in [-0.25, -0.2) is 9.18 Å². The fourth-order valence-electron chi connectivity index (χ4n) is 5.10. The number of aliphatic carboxylic acids is 1. The zero-order valence-corrected chi connectivity index (χ0v) is 25.8. The summed E-state index contributed by atoms with van der Waals surface area (Å²) in [6.07, 6.45) is 14.0. The summed E-state index contributed by atoms with van der Waals surface area (Å²) in [6, 6.07) is 19.1. The lowest BCUT2D eigenvalue weighted by Crippen LogP contribution is -2.08. The van der Waals surface area contributed by atoms with Crippen molar-refractivity contribution in [3.8, 4) is 22.6 Å². The van der Waals surface area contributed by atoms with Crippen LogP contribution in [0.4, 0.5) is 4.39 Å². The van der Waals surface area contributed by atoms with Crippen LogP contribution in [-0.2, 0) is 11.2 Å². The third kappa shape index (κ3) is 12.6. The molecule has 0 fully saturated rings. The first-order valence-corrected chi connectivity index (χ1v) is 15.9. The fourth-order valence-corrected chi connectivity index (χ4v) is 5.10. The third-order valence-electron chi connectivity index (χ3n) is 7.71. The Morgan fingerprint density at radius 2 is 1.40 bits per heavy atom. The summed E-state index contributed by atoms with van der Waals surface area (Å²) in [5, 5.41) is 8.84. The average molecular weight is 591 g/mol. The number of rotatable bonds is 20. The minimum atomic E-state index is -0.785. The Balaban J connectivity index is 1.41. The summed E-state index contributed by atoms with van der Waals surface area (Å²) < 4.78 is 25.9. The van der Waals surface area contributed by atoms with Crippen LogP contribution in [0.25, 0.3) is 11.1 Å². The molecule has 3 rings (SSSR count). The molecule has 0 aliphatic heterocycles. The van der Waals surface area contributed by atoms with Crippen LogP contribution in [0.3, 0.4) is 0 Å². The minimum Gasteiger partial charge on any atom is -0.491 e. The van der Waals surface area contributed by atoms with Crippen LogP contribution in [0.1, 0.15) is 107 Å². The van der Waals surface area contributed by atoms with E-state index in [9.17, 15) is 14.0 Å². The lowest BCUT2D eigenvalue weighted by molar-refractivity contribution is -0.137. The maximum Gasteiger partial charge on any atom is 0.343 e. The fraction of sp³-hybridized carbons (Fsp3) is 0.459. The highest BCUT2D eigenvalue weighted by Crippen LogP contribution is 2.27. The molecule has 0 aromatic heterocycles. The van der Waals surface area contributed by atoms with Crippen LogP contribution in [0, 0.1) is 11.7 Å². The number of unbranched alkanes of at least 4 members (excludes halogenated alkanes) is 9. The molecule has 0 radical (unpaired) electrons. The van der Waals surface area contributed by atoms with Gasteiger partial charge >= 0.3 is 11.9 Å². The number of halogens is 1. The number of ether oxygens (including phenoxy) is 2. The number of benzene rings is 3. The molecular formula is C37H47FO5.